The van der Waals surface area contributed by atoms with Gasteiger partial charge in [-0.1, -0.05) is 17.7 Å². The van der Waals surface area contributed by atoms with E-state index in [-0.39, 0.29) is 5.91 Å². The predicted molar refractivity (Wildman–Crippen MR) is 84.4 cm³/mol. The lowest BCUT2D eigenvalue weighted by Crippen LogP contribution is -2.24. The number of ether oxygens (including phenoxy) is 1. The van der Waals surface area contributed by atoms with Crippen LogP contribution in [0.4, 0.5) is 0 Å². The average Bonchev–Trinajstić information content (AvgIpc) is 2.84. The van der Waals surface area contributed by atoms with E-state index in [1.165, 1.54) is 0 Å². The summed E-state index contributed by atoms with van der Waals surface area (Å²) in [5.41, 5.74) is 3.25. The van der Waals surface area contributed by atoms with Crippen molar-refractivity contribution in [3.8, 4) is 16.9 Å². The third-order valence-electron chi connectivity index (χ3n) is 3.69. The molecule has 1 aliphatic heterocycles. The summed E-state index contributed by atoms with van der Waals surface area (Å²) in [7, 11) is 0. The third kappa shape index (κ3) is 2.10. The van der Waals surface area contributed by atoms with Crippen molar-refractivity contribution in [2.45, 2.75) is 0 Å². The molecule has 0 spiro atoms. The highest BCUT2D eigenvalue weighted by molar-refractivity contribution is 6.29. The summed E-state index contributed by atoms with van der Waals surface area (Å²) < 4.78 is 5.66. The van der Waals surface area contributed by atoms with E-state index < -0.39 is 0 Å². The molecule has 2 N–H and O–H groups in total. The fourth-order valence-electron chi connectivity index (χ4n) is 2.64. The molecule has 0 fully saturated rings. The summed E-state index contributed by atoms with van der Waals surface area (Å²) in [6.45, 7) is 0.978. The molecule has 22 heavy (non-hydrogen) atoms. The molecule has 3 aromatic rings. The smallest absolute Gasteiger partial charge is 0.255 e. The Morgan fingerprint density at radius 3 is 3.00 bits per heavy atom. The lowest BCUT2D eigenvalue weighted by molar-refractivity contribution is 0.0957. The number of hydrogen-bond acceptors (Lipinski definition) is 3. The van der Waals surface area contributed by atoms with Crippen LogP contribution in [0.1, 0.15) is 10.4 Å². The Bertz CT molecular complexity index is 888. The van der Waals surface area contributed by atoms with E-state index in [0.29, 0.717) is 29.6 Å². The number of aromatic amines is 1. The number of pyridine rings is 1. The molecular weight excluding hydrogens is 302 g/mol. The fourth-order valence-corrected chi connectivity index (χ4v) is 2.78. The highest BCUT2D eigenvalue weighted by Gasteiger charge is 2.17. The van der Waals surface area contributed by atoms with Crippen LogP contribution in [0.3, 0.4) is 0 Å². The molecule has 4 rings (SSSR count). The number of carbonyl (C=O) groups excluding carboxylic acids is 1. The standard InChI is InChI=1S/C16H12ClN3O2/c17-14-4-3-10-12(8-19-15(10)20-14)9-1-2-11-13(7-9)22-6-5-18-16(11)21/h1-4,7-8H,5-6H2,(H,18,21)(H,19,20). The molecule has 0 radical (unpaired) electrons. The molecule has 6 heteroatoms. The van der Waals surface area contributed by atoms with Crippen molar-refractivity contribution in [1.82, 2.24) is 15.3 Å². The number of carbonyl (C=O) groups is 1. The molecule has 1 aromatic carbocycles. The first-order valence-electron chi connectivity index (χ1n) is 6.91. The fraction of sp³-hybridized carbons (Fsp3) is 0.125. The molecule has 2 aromatic heterocycles. The molecule has 0 unspecified atom stereocenters. The van der Waals surface area contributed by atoms with Gasteiger partial charge in [0.15, 0.2) is 0 Å². The van der Waals surface area contributed by atoms with Crippen molar-refractivity contribution in [3.63, 3.8) is 0 Å². The van der Waals surface area contributed by atoms with Gasteiger partial charge in [-0.25, -0.2) is 4.98 Å². The van der Waals surface area contributed by atoms with Gasteiger partial charge in [-0.3, -0.25) is 4.79 Å². The number of nitrogens with zero attached hydrogens (tertiary/aromatic N) is 1. The molecule has 110 valence electrons. The molecule has 1 amide bonds. The second-order valence-electron chi connectivity index (χ2n) is 5.05. The van der Waals surface area contributed by atoms with Crippen LogP contribution >= 0.6 is 11.6 Å². The first kappa shape index (κ1) is 13.2. The molecule has 5 nitrogen and oxygen atoms in total. The topological polar surface area (TPSA) is 67.0 Å². The largest absolute Gasteiger partial charge is 0.491 e. The molecule has 3 heterocycles. The van der Waals surface area contributed by atoms with Gasteiger partial charge in [0.05, 0.1) is 12.1 Å². The number of amides is 1. The molecule has 0 saturated carbocycles. The minimum Gasteiger partial charge on any atom is -0.491 e. The van der Waals surface area contributed by atoms with E-state index in [2.05, 4.69) is 15.3 Å². The Balaban J connectivity index is 1.85. The Hall–Kier alpha value is -2.53. The summed E-state index contributed by atoms with van der Waals surface area (Å²) in [5, 5.41) is 4.22. The highest BCUT2D eigenvalue weighted by atomic mass is 35.5. The SMILES string of the molecule is O=C1NCCOc2cc(-c3c[nH]c4nc(Cl)ccc34)ccc21. The van der Waals surface area contributed by atoms with Crippen LogP contribution in [0.5, 0.6) is 5.75 Å². The van der Waals surface area contributed by atoms with Gasteiger partial charge in [0.25, 0.3) is 5.91 Å². The number of rotatable bonds is 1. The van der Waals surface area contributed by atoms with Crippen LogP contribution in [-0.2, 0) is 0 Å². The van der Waals surface area contributed by atoms with Crippen LogP contribution < -0.4 is 10.1 Å². The van der Waals surface area contributed by atoms with Gasteiger partial charge in [0.1, 0.15) is 23.2 Å². The Labute approximate surface area is 131 Å². The summed E-state index contributed by atoms with van der Waals surface area (Å²) in [6.07, 6.45) is 1.88. The molecule has 0 atom stereocenters. The van der Waals surface area contributed by atoms with Gasteiger partial charge in [-0.15, -0.1) is 0 Å². The molecular formula is C16H12ClN3O2. The normalized spacial score (nSPS) is 14.1. The van der Waals surface area contributed by atoms with Gasteiger partial charge in [0.2, 0.25) is 0 Å². The van der Waals surface area contributed by atoms with E-state index in [0.717, 1.165) is 22.2 Å². The summed E-state index contributed by atoms with van der Waals surface area (Å²) >= 11 is 5.91. The molecule has 0 bridgehead atoms. The molecule has 0 aliphatic carbocycles. The number of halogens is 1. The van der Waals surface area contributed by atoms with Crippen molar-refractivity contribution in [2.75, 3.05) is 13.2 Å². The lowest BCUT2D eigenvalue weighted by Gasteiger charge is -2.08. The number of fused-ring (bicyclic) bond motifs is 2. The van der Waals surface area contributed by atoms with E-state index in [1.54, 1.807) is 12.1 Å². The number of hydrogen-bond donors (Lipinski definition) is 2. The summed E-state index contributed by atoms with van der Waals surface area (Å²) in [4.78, 5) is 19.3. The van der Waals surface area contributed by atoms with E-state index in [9.17, 15) is 4.79 Å². The van der Waals surface area contributed by atoms with Crippen LogP contribution in [0.2, 0.25) is 5.15 Å². The minimum atomic E-state index is -0.105. The van der Waals surface area contributed by atoms with Crippen LogP contribution in [0.25, 0.3) is 22.2 Å². The Kier molecular flexibility index (Phi) is 3.01. The van der Waals surface area contributed by atoms with Crippen LogP contribution in [0.15, 0.2) is 36.5 Å². The van der Waals surface area contributed by atoms with E-state index in [1.807, 2.05) is 24.4 Å². The predicted octanol–water partition coefficient (Wildman–Crippen LogP) is 3.01. The first-order valence-corrected chi connectivity index (χ1v) is 7.29. The second-order valence-corrected chi connectivity index (χ2v) is 5.44. The van der Waals surface area contributed by atoms with E-state index >= 15 is 0 Å². The second kappa shape index (κ2) is 5.03. The zero-order valence-corrected chi connectivity index (χ0v) is 12.3. The van der Waals surface area contributed by atoms with Crippen molar-refractivity contribution in [1.29, 1.82) is 0 Å². The van der Waals surface area contributed by atoms with Crippen LogP contribution in [0, 0.1) is 0 Å². The maximum Gasteiger partial charge on any atom is 0.255 e. The van der Waals surface area contributed by atoms with Crippen molar-refractivity contribution >= 4 is 28.5 Å². The minimum absolute atomic E-state index is 0.105. The van der Waals surface area contributed by atoms with Crippen molar-refractivity contribution in [3.05, 3.63) is 47.2 Å². The molecule has 1 aliphatic rings. The zero-order valence-electron chi connectivity index (χ0n) is 11.5. The van der Waals surface area contributed by atoms with Gasteiger partial charge in [-0.2, -0.15) is 0 Å². The zero-order chi connectivity index (χ0) is 15.1. The van der Waals surface area contributed by atoms with Crippen molar-refractivity contribution < 1.29 is 9.53 Å². The maximum absolute atomic E-state index is 11.9. The van der Waals surface area contributed by atoms with Gasteiger partial charge >= 0.3 is 0 Å². The number of benzene rings is 1. The average molecular weight is 314 g/mol. The highest BCUT2D eigenvalue weighted by Crippen LogP contribution is 2.32. The first-order chi connectivity index (χ1) is 10.7. The number of H-pyrrole nitrogens is 1. The van der Waals surface area contributed by atoms with E-state index in [4.69, 9.17) is 16.3 Å². The molecule has 0 saturated heterocycles. The number of nitrogens with one attached hydrogen (secondary N) is 2. The Morgan fingerprint density at radius 2 is 2.09 bits per heavy atom. The monoisotopic (exact) mass is 313 g/mol. The third-order valence-corrected chi connectivity index (χ3v) is 3.90. The summed E-state index contributed by atoms with van der Waals surface area (Å²) in [6, 6.07) is 9.26. The van der Waals surface area contributed by atoms with Gasteiger partial charge in [-0.05, 0) is 29.8 Å². The van der Waals surface area contributed by atoms with Gasteiger partial charge in [0, 0.05) is 17.1 Å². The van der Waals surface area contributed by atoms with Crippen LogP contribution in [-0.4, -0.2) is 29.0 Å². The number of aromatic nitrogens is 2. The van der Waals surface area contributed by atoms with Gasteiger partial charge < -0.3 is 15.0 Å². The maximum atomic E-state index is 11.9. The van der Waals surface area contributed by atoms with Crippen molar-refractivity contribution in [2.24, 2.45) is 0 Å². The lowest BCUT2D eigenvalue weighted by atomic mass is 10.0. The summed E-state index contributed by atoms with van der Waals surface area (Å²) in [5.74, 6) is 0.496. The quantitative estimate of drug-likeness (QED) is 0.679. The Morgan fingerprint density at radius 1 is 1.18 bits per heavy atom.